The lowest BCUT2D eigenvalue weighted by Crippen LogP contribution is -2.27. The third-order valence-corrected chi connectivity index (χ3v) is 3.37. The molecule has 0 saturated heterocycles. The number of nitrogens with zero attached hydrogens (tertiary/aromatic N) is 2. The van der Waals surface area contributed by atoms with Gasteiger partial charge in [-0.3, -0.25) is 4.79 Å². The highest BCUT2D eigenvalue weighted by atomic mass is 16.4. The van der Waals surface area contributed by atoms with Crippen molar-refractivity contribution in [2.75, 3.05) is 0 Å². The summed E-state index contributed by atoms with van der Waals surface area (Å²) in [6, 6.07) is 10.2. The molecule has 1 atom stereocenters. The van der Waals surface area contributed by atoms with Crippen molar-refractivity contribution in [3.63, 3.8) is 0 Å². The molecule has 1 aromatic carbocycles. The molecule has 2 aromatic rings. The molecule has 20 heavy (non-hydrogen) atoms. The van der Waals surface area contributed by atoms with Crippen molar-refractivity contribution in [2.24, 2.45) is 0 Å². The summed E-state index contributed by atoms with van der Waals surface area (Å²) in [6.07, 6.45) is 2.50. The second-order valence-electron chi connectivity index (χ2n) is 5.17. The number of carbonyl (C=O) groups excluding carboxylic acids is 1. The summed E-state index contributed by atoms with van der Waals surface area (Å²) in [7, 11) is 0. The van der Waals surface area contributed by atoms with E-state index in [0.717, 1.165) is 18.4 Å². The molecule has 0 spiro atoms. The van der Waals surface area contributed by atoms with Gasteiger partial charge in [0.05, 0.1) is 5.92 Å². The lowest BCUT2D eigenvalue weighted by atomic mass is 9.95. The molecule has 0 bridgehead atoms. The third kappa shape index (κ3) is 3.04. The largest absolute Gasteiger partial charge is 0.425 e. The van der Waals surface area contributed by atoms with E-state index >= 15 is 0 Å². The average molecular weight is 271 g/mol. The van der Waals surface area contributed by atoms with E-state index in [1.54, 1.807) is 6.92 Å². The van der Waals surface area contributed by atoms with Crippen molar-refractivity contribution in [1.82, 2.24) is 15.5 Å². The van der Waals surface area contributed by atoms with Crippen LogP contribution in [-0.4, -0.2) is 22.1 Å². The van der Waals surface area contributed by atoms with Crippen LogP contribution in [0.1, 0.15) is 42.5 Å². The highest BCUT2D eigenvalue weighted by Gasteiger charge is 2.27. The van der Waals surface area contributed by atoms with Crippen LogP contribution in [0.2, 0.25) is 0 Å². The van der Waals surface area contributed by atoms with Gasteiger partial charge in [0, 0.05) is 19.4 Å². The Morgan fingerprint density at radius 2 is 2.10 bits per heavy atom. The lowest BCUT2D eigenvalue weighted by molar-refractivity contribution is -0.121. The zero-order valence-corrected chi connectivity index (χ0v) is 11.4. The third-order valence-electron chi connectivity index (χ3n) is 3.37. The summed E-state index contributed by atoms with van der Waals surface area (Å²) in [5.41, 5.74) is 1.02. The van der Waals surface area contributed by atoms with Gasteiger partial charge in [-0.25, -0.2) is 0 Å². The molecule has 5 nitrogen and oxygen atoms in total. The van der Waals surface area contributed by atoms with Crippen molar-refractivity contribution in [3.05, 3.63) is 47.7 Å². The summed E-state index contributed by atoms with van der Waals surface area (Å²) in [5.74, 6) is 0.872. The number of rotatable bonds is 5. The van der Waals surface area contributed by atoms with Crippen LogP contribution in [0, 0.1) is 6.92 Å². The maximum Gasteiger partial charge on any atom is 0.224 e. The number of carbonyl (C=O) groups is 1. The van der Waals surface area contributed by atoms with Gasteiger partial charge in [0.1, 0.15) is 0 Å². The van der Waals surface area contributed by atoms with Crippen molar-refractivity contribution < 1.29 is 9.21 Å². The average Bonchev–Trinajstić information content (AvgIpc) is 3.16. The highest BCUT2D eigenvalue weighted by molar-refractivity contribution is 5.78. The smallest absolute Gasteiger partial charge is 0.224 e. The molecule has 1 aliphatic rings. The first-order valence-corrected chi connectivity index (χ1v) is 6.86. The molecule has 1 unspecified atom stereocenters. The summed E-state index contributed by atoms with van der Waals surface area (Å²) in [4.78, 5) is 12.1. The second-order valence-corrected chi connectivity index (χ2v) is 5.17. The molecule has 1 aliphatic carbocycles. The molecule has 1 fully saturated rings. The molecular weight excluding hydrogens is 254 g/mol. The predicted octanol–water partition coefficient (Wildman–Crippen LogP) is 2.18. The Labute approximate surface area is 117 Å². The van der Waals surface area contributed by atoms with Gasteiger partial charge in [0.25, 0.3) is 0 Å². The Bertz CT molecular complexity index is 590. The Morgan fingerprint density at radius 1 is 1.35 bits per heavy atom. The van der Waals surface area contributed by atoms with Crippen molar-refractivity contribution in [1.29, 1.82) is 0 Å². The molecule has 0 radical (unpaired) electrons. The van der Waals surface area contributed by atoms with Crippen LogP contribution in [0.25, 0.3) is 0 Å². The lowest BCUT2D eigenvalue weighted by Gasteiger charge is -2.13. The van der Waals surface area contributed by atoms with Crippen LogP contribution >= 0.6 is 0 Å². The minimum absolute atomic E-state index is 0.0391. The molecule has 1 N–H and O–H groups in total. The fourth-order valence-corrected chi connectivity index (χ4v) is 2.19. The quantitative estimate of drug-likeness (QED) is 0.905. The first-order chi connectivity index (χ1) is 9.72. The van der Waals surface area contributed by atoms with E-state index in [1.807, 2.05) is 30.3 Å². The number of hydrogen-bond donors (Lipinski definition) is 1. The van der Waals surface area contributed by atoms with Crippen LogP contribution in [0.3, 0.4) is 0 Å². The molecule has 1 saturated carbocycles. The van der Waals surface area contributed by atoms with E-state index in [0.29, 0.717) is 24.2 Å². The van der Waals surface area contributed by atoms with Gasteiger partial charge in [-0.2, -0.15) is 0 Å². The van der Waals surface area contributed by atoms with E-state index in [9.17, 15) is 4.79 Å². The van der Waals surface area contributed by atoms with Gasteiger partial charge in [-0.1, -0.05) is 30.3 Å². The van der Waals surface area contributed by atoms with E-state index < -0.39 is 0 Å². The summed E-state index contributed by atoms with van der Waals surface area (Å²) in [5, 5.41) is 10.9. The molecule has 1 heterocycles. The minimum Gasteiger partial charge on any atom is -0.425 e. The number of amides is 1. The van der Waals surface area contributed by atoms with Gasteiger partial charge in [-0.15, -0.1) is 10.2 Å². The number of benzene rings is 1. The van der Waals surface area contributed by atoms with Gasteiger partial charge >= 0.3 is 0 Å². The topological polar surface area (TPSA) is 68.0 Å². The van der Waals surface area contributed by atoms with Gasteiger partial charge in [-0.05, 0) is 18.4 Å². The van der Waals surface area contributed by atoms with E-state index in [-0.39, 0.29) is 11.8 Å². The van der Waals surface area contributed by atoms with Gasteiger partial charge in [0.2, 0.25) is 17.7 Å². The first kappa shape index (κ1) is 12.8. The Balaban J connectivity index is 1.81. The van der Waals surface area contributed by atoms with Crippen molar-refractivity contribution >= 4 is 5.91 Å². The molecule has 1 amide bonds. The summed E-state index contributed by atoms with van der Waals surface area (Å²) >= 11 is 0. The normalized spacial score (nSPS) is 15.8. The van der Waals surface area contributed by atoms with Gasteiger partial charge < -0.3 is 9.73 Å². The molecule has 104 valence electrons. The fourth-order valence-electron chi connectivity index (χ4n) is 2.19. The van der Waals surface area contributed by atoms with E-state index in [1.165, 1.54) is 0 Å². The maximum atomic E-state index is 12.1. The predicted molar refractivity (Wildman–Crippen MR) is 73.1 cm³/mol. The second kappa shape index (κ2) is 5.45. The van der Waals surface area contributed by atoms with E-state index in [2.05, 4.69) is 15.5 Å². The first-order valence-electron chi connectivity index (χ1n) is 6.86. The number of aryl methyl sites for hydroxylation is 1. The molecule has 5 heteroatoms. The minimum atomic E-state index is -0.184. The van der Waals surface area contributed by atoms with Crippen molar-refractivity contribution in [2.45, 2.75) is 38.1 Å². The maximum absolute atomic E-state index is 12.1. The van der Waals surface area contributed by atoms with Gasteiger partial charge in [0.15, 0.2) is 0 Å². The van der Waals surface area contributed by atoms with Crippen LogP contribution in [0.4, 0.5) is 0 Å². The molecule has 0 aliphatic heterocycles. The Kier molecular flexibility index (Phi) is 3.50. The zero-order valence-electron chi connectivity index (χ0n) is 11.4. The number of hydrogen-bond acceptors (Lipinski definition) is 4. The SMILES string of the molecule is Cc1nnc(C(CC(=O)NC2CC2)c2ccccc2)o1. The Morgan fingerprint density at radius 3 is 2.70 bits per heavy atom. The molecule has 1 aromatic heterocycles. The standard InChI is InChI=1S/C15H17N3O2/c1-10-17-18-15(20-10)13(11-5-3-2-4-6-11)9-14(19)16-12-7-8-12/h2-6,12-13H,7-9H2,1H3,(H,16,19). The van der Waals surface area contributed by atoms with Crippen LogP contribution in [-0.2, 0) is 4.79 Å². The molecule has 3 rings (SSSR count). The Hall–Kier alpha value is -2.17. The molecular formula is C15H17N3O2. The van der Waals surface area contributed by atoms with Crippen LogP contribution in [0.5, 0.6) is 0 Å². The van der Waals surface area contributed by atoms with E-state index in [4.69, 9.17) is 4.42 Å². The zero-order chi connectivity index (χ0) is 13.9. The summed E-state index contributed by atoms with van der Waals surface area (Å²) < 4.78 is 5.52. The van der Waals surface area contributed by atoms with Crippen LogP contribution in [0.15, 0.2) is 34.7 Å². The number of aromatic nitrogens is 2. The number of nitrogens with one attached hydrogen (secondary N) is 1. The fraction of sp³-hybridized carbons (Fsp3) is 0.400. The summed E-state index contributed by atoms with van der Waals surface area (Å²) in [6.45, 7) is 1.75. The van der Waals surface area contributed by atoms with Crippen LogP contribution < -0.4 is 5.32 Å². The monoisotopic (exact) mass is 271 g/mol. The highest BCUT2D eigenvalue weighted by Crippen LogP contribution is 2.28. The van der Waals surface area contributed by atoms with Crippen molar-refractivity contribution in [3.8, 4) is 0 Å².